The molecule has 2 N–H and O–H groups in total. The number of aliphatic carboxylic acids is 1. The molecule has 0 aliphatic heterocycles. The summed E-state index contributed by atoms with van der Waals surface area (Å²) in [6, 6.07) is 5.61. The van der Waals surface area contributed by atoms with Crippen LogP contribution in [0.4, 0.5) is 0 Å². The van der Waals surface area contributed by atoms with E-state index in [1.807, 2.05) is 13.0 Å². The van der Waals surface area contributed by atoms with E-state index in [4.69, 9.17) is 5.11 Å². The standard InChI is InChI=1S/C14H15NO3/c1-9-2-3-11(14(18)15-12-5-6-12)8-10(9)4-7-13(16)17/h2-4,7-8,12H,5-6H2,1H3,(H,15,18)(H,16,17)/b7-4+. The number of aryl methyl sites for hydroxylation is 1. The van der Waals surface area contributed by atoms with Gasteiger partial charge in [0.25, 0.3) is 5.91 Å². The van der Waals surface area contributed by atoms with E-state index in [9.17, 15) is 9.59 Å². The second kappa shape index (κ2) is 5.04. The zero-order chi connectivity index (χ0) is 13.1. The number of carboxylic acids is 1. The van der Waals surface area contributed by atoms with Crippen LogP contribution in [0.3, 0.4) is 0 Å². The highest BCUT2D eigenvalue weighted by Crippen LogP contribution is 2.20. The third-order valence-corrected chi connectivity index (χ3v) is 2.86. The van der Waals surface area contributed by atoms with Gasteiger partial charge in [-0.15, -0.1) is 0 Å². The number of amides is 1. The lowest BCUT2D eigenvalue weighted by Crippen LogP contribution is -2.25. The Bertz CT molecular complexity index is 516. The molecule has 1 fully saturated rings. The fourth-order valence-corrected chi connectivity index (χ4v) is 1.62. The molecule has 1 saturated carbocycles. The Morgan fingerprint density at radius 1 is 1.39 bits per heavy atom. The molecule has 1 aliphatic carbocycles. The van der Waals surface area contributed by atoms with Gasteiger partial charge < -0.3 is 10.4 Å². The monoisotopic (exact) mass is 245 g/mol. The van der Waals surface area contributed by atoms with E-state index >= 15 is 0 Å². The van der Waals surface area contributed by atoms with Crippen LogP contribution < -0.4 is 5.32 Å². The van der Waals surface area contributed by atoms with E-state index in [0.29, 0.717) is 11.6 Å². The summed E-state index contributed by atoms with van der Waals surface area (Å²) in [6.07, 6.45) is 4.67. The molecule has 0 bridgehead atoms. The Hall–Kier alpha value is -2.10. The normalized spacial score (nSPS) is 14.7. The van der Waals surface area contributed by atoms with Crippen molar-refractivity contribution < 1.29 is 14.7 Å². The van der Waals surface area contributed by atoms with Crippen LogP contribution in [0.5, 0.6) is 0 Å². The van der Waals surface area contributed by atoms with Crippen molar-refractivity contribution in [1.82, 2.24) is 5.32 Å². The minimum Gasteiger partial charge on any atom is -0.478 e. The average Bonchev–Trinajstić information content (AvgIpc) is 3.11. The van der Waals surface area contributed by atoms with Crippen LogP contribution in [0.25, 0.3) is 6.08 Å². The summed E-state index contributed by atoms with van der Waals surface area (Å²) in [7, 11) is 0. The van der Waals surface area contributed by atoms with Crippen LogP contribution in [0.1, 0.15) is 34.3 Å². The fourth-order valence-electron chi connectivity index (χ4n) is 1.62. The Kier molecular flexibility index (Phi) is 3.46. The zero-order valence-corrected chi connectivity index (χ0v) is 10.1. The predicted octanol–water partition coefficient (Wildman–Crippen LogP) is 1.99. The van der Waals surface area contributed by atoms with Gasteiger partial charge in [-0.1, -0.05) is 6.07 Å². The largest absolute Gasteiger partial charge is 0.478 e. The number of carbonyl (C=O) groups excluding carboxylic acids is 1. The summed E-state index contributed by atoms with van der Waals surface area (Å²) in [5.41, 5.74) is 2.26. The summed E-state index contributed by atoms with van der Waals surface area (Å²) < 4.78 is 0. The molecule has 0 unspecified atom stereocenters. The molecular formula is C14H15NO3. The lowest BCUT2D eigenvalue weighted by atomic mass is 10.0. The summed E-state index contributed by atoms with van der Waals surface area (Å²) in [6.45, 7) is 1.88. The maximum Gasteiger partial charge on any atom is 0.328 e. The first-order chi connectivity index (χ1) is 8.56. The molecule has 4 nitrogen and oxygen atoms in total. The first-order valence-corrected chi connectivity index (χ1v) is 5.89. The van der Waals surface area contributed by atoms with Crippen molar-refractivity contribution in [2.24, 2.45) is 0 Å². The first kappa shape index (κ1) is 12.4. The Morgan fingerprint density at radius 3 is 2.72 bits per heavy atom. The molecule has 1 amide bonds. The predicted molar refractivity (Wildman–Crippen MR) is 68.3 cm³/mol. The van der Waals surface area contributed by atoms with Crippen molar-refractivity contribution in [3.8, 4) is 0 Å². The van der Waals surface area contributed by atoms with Gasteiger partial charge in [-0.05, 0) is 49.1 Å². The van der Waals surface area contributed by atoms with E-state index < -0.39 is 5.97 Å². The molecule has 0 saturated heterocycles. The molecule has 2 rings (SSSR count). The second-order valence-corrected chi connectivity index (χ2v) is 4.49. The van der Waals surface area contributed by atoms with Crippen molar-refractivity contribution in [3.05, 3.63) is 41.0 Å². The van der Waals surface area contributed by atoms with Crippen LogP contribution in [0.15, 0.2) is 24.3 Å². The van der Waals surface area contributed by atoms with Gasteiger partial charge in [0.05, 0.1) is 0 Å². The number of hydrogen-bond donors (Lipinski definition) is 2. The molecule has 18 heavy (non-hydrogen) atoms. The zero-order valence-electron chi connectivity index (χ0n) is 10.1. The molecule has 0 heterocycles. The summed E-state index contributed by atoms with van der Waals surface area (Å²) in [5.74, 6) is -1.09. The lowest BCUT2D eigenvalue weighted by molar-refractivity contribution is -0.131. The smallest absolute Gasteiger partial charge is 0.328 e. The van der Waals surface area contributed by atoms with E-state index in [-0.39, 0.29) is 5.91 Å². The maximum atomic E-state index is 11.8. The Morgan fingerprint density at radius 2 is 2.11 bits per heavy atom. The van der Waals surface area contributed by atoms with Crippen LogP contribution in [0, 0.1) is 6.92 Å². The molecule has 1 aromatic rings. The van der Waals surface area contributed by atoms with Gasteiger partial charge in [-0.3, -0.25) is 4.79 Å². The second-order valence-electron chi connectivity index (χ2n) is 4.49. The lowest BCUT2D eigenvalue weighted by Gasteiger charge is -2.06. The highest BCUT2D eigenvalue weighted by Gasteiger charge is 2.23. The van der Waals surface area contributed by atoms with Crippen LogP contribution in [0.2, 0.25) is 0 Å². The van der Waals surface area contributed by atoms with E-state index in [1.165, 1.54) is 6.08 Å². The fraction of sp³-hybridized carbons (Fsp3) is 0.286. The topological polar surface area (TPSA) is 66.4 Å². The van der Waals surface area contributed by atoms with Gasteiger partial charge in [0.1, 0.15) is 0 Å². The van der Waals surface area contributed by atoms with Gasteiger partial charge in [-0.2, -0.15) is 0 Å². The number of hydrogen-bond acceptors (Lipinski definition) is 2. The minimum absolute atomic E-state index is 0.0949. The molecular weight excluding hydrogens is 230 g/mol. The quantitative estimate of drug-likeness (QED) is 0.797. The number of rotatable bonds is 4. The van der Waals surface area contributed by atoms with Crippen molar-refractivity contribution in [2.75, 3.05) is 0 Å². The molecule has 0 spiro atoms. The molecule has 0 aromatic heterocycles. The molecule has 1 aromatic carbocycles. The third-order valence-electron chi connectivity index (χ3n) is 2.86. The van der Waals surface area contributed by atoms with Crippen molar-refractivity contribution in [1.29, 1.82) is 0 Å². The number of benzene rings is 1. The van der Waals surface area contributed by atoms with Crippen LogP contribution in [-0.4, -0.2) is 23.0 Å². The minimum atomic E-state index is -0.998. The van der Waals surface area contributed by atoms with Gasteiger partial charge in [-0.25, -0.2) is 4.79 Å². The van der Waals surface area contributed by atoms with E-state index in [0.717, 1.165) is 30.0 Å². The van der Waals surface area contributed by atoms with Gasteiger partial charge >= 0.3 is 5.97 Å². The maximum absolute atomic E-state index is 11.8. The van der Waals surface area contributed by atoms with E-state index in [2.05, 4.69) is 5.32 Å². The van der Waals surface area contributed by atoms with Gasteiger partial charge in [0, 0.05) is 17.7 Å². The average molecular weight is 245 g/mol. The molecule has 94 valence electrons. The Balaban J connectivity index is 2.19. The first-order valence-electron chi connectivity index (χ1n) is 5.89. The molecule has 0 radical (unpaired) electrons. The number of carboxylic acid groups (broad SMARTS) is 1. The van der Waals surface area contributed by atoms with Crippen LogP contribution >= 0.6 is 0 Å². The summed E-state index contributed by atoms with van der Waals surface area (Å²) in [4.78, 5) is 22.3. The third kappa shape index (κ3) is 3.20. The SMILES string of the molecule is Cc1ccc(C(=O)NC2CC2)cc1/C=C/C(=O)O. The molecule has 4 heteroatoms. The Labute approximate surface area is 105 Å². The molecule has 0 atom stereocenters. The van der Waals surface area contributed by atoms with Crippen molar-refractivity contribution >= 4 is 18.0 Å². The highest BCUT2D eigenvalue weighted by atomic mass is 16.4. The van der Waals surface area contributed by atoms with Crippen molar-refractivity contribution in [3.63, 3.8) is 0 Å². The van der Waals surface area contributed by atoms with Crippen molar-refractivity contribution in [2.45, 2.75) is 25.8 Å². The van der Waals surface area contributed by atoms with Gasteiger partial charge in [0.15, 0.2) is 0 Å². The number of nitrogens with one attached hydrogen (secondary N) is 1. The molecule has 1 aliphatic rings. The summed E-state index contributed by atoms with van der Waals surface area (Å²) >= 11 is 0. The highest BCUT2D eigenvalue weighted by molar-refractivity contribution is 5.95. The number of carbonyl (C=O) groups is 2. The summed E-state index contributed by atoms with van der Waals surface area (Å²) in [5, 5.41) is 11.5. The van der Waals surface area contributed by atoms with Gasteiger partial charge in [0.2, 0.25) is 0 Å². The van der Waals surface area contributed by atoms with E-state index in [1.54, 1.807) is 12.1 Å². The van der Waals surface area contributed by atoms with Crippen LogP contribution in [-0.2, 0) is 4.79 Å².